The number of nitrogens with zero attached hydrogens (tertiary/aromatic N) is 1. The Hall–Kier alpha value is -2.04. The molecule has 0 unspecified atom stereocenters. The SMILES string of the molecule is O=C(O)Cc1ccc(NC2=NCCO2)cc1. The molecule has 2 N–H and O–H groups in total. The van der Waals surface area contributed by atoms with Crippen LogP contribution >= 0.6 is 0 Å². The van der Waals surface area contributed by atoms with Crippen LogP contribution in [0.3, 0.4) is 0 Å². The number of carbonyl (C=O) groups is 1. The molecule has 16 heavy (non-hydrogen) atoms. The molecule has 0 spiro atoms. The van der Waals surface area contributed by atoms with Crippen molar-refractivity contribution in [3.8, 4) is 0 Å². The van der Waals surface area contributed by atoms with Gasteiger partial charge in [-0.2, -0.15) is 0 Å². The molecule has 0 bridgehead atoms. The van der Waals surface area contributed by atoms with E-state index in [1.165, 1.54) is 0 Å². The fraction of sp³-hybridized carbons (Fsp3) is 0.273. The number of ether oxygens (including phenoxy) is 1. The molecule has 1 heterocycles. The van der Waals surface area contributed by atoms with Crippen molar-refractivity contribution in [1.29, 1.82) is 0 Å². The molecule has 0 saturated heterocycles. The minimum absolute atomic E-state index is 0.0394. The van der Waals surface area contributed by atoms with Crippen molar-refractivity contribution in [2.75, 3.05) is 18.5 Å². The monoisotopic (exact) mass is 220 g/mol. The van der Waals surface area contributed by atoms with Crippen LogP contribution in [0, 0.1) is 0 Å². The molecule has 0 amide bonds. The van der Waals surface area contributed by atoms with Crippen molar-refractivity contribution in [1.82, 2.24) is 0 Å². The van der Waals surface area contributed by atoms with E-state index in [0.29, 0.717) is 19.2 Å². The number of nitrogens with one attached hydrogen (secondary N) is 1. The van der Waals surface area contributed by atoms with Gasteiger partial charge in [0.1, 0.15) is 6.61 Å². The number of amidine groups is 1. The summed E-state index contributed by atoms with van der Waals surface area (Å²) in [6.07, 6.45) is 0.0394. The van der Waals surface area contributed by atoms with E-state index in [-0.39, 0.29) is 6.42 Å². The van der Waals surface area contributed by atoms with Crippen LogP contribution in [-0.4, -0.2) is 30.2 Å². The van der Waals surface area contributed by atoms with Gasteiger partial charge in [-0.05, 0) is 17.7 Å². The number of aliphatic imine (C=N–C) groups is 1. The molecule has 1 aromatic carbocycles. The summed E-state index contributed by atoms with van der Waals surface area (Å²) in [4.78, 5) is 14.6. The maximum atomic E-state index is 10.5. The molecule has 1 aliphatic rings. The highest BCUT2D eigenvalue weighted by Crippen LogP contribution is 2.11. The zero-order valence-corrected chi connectivity index (χ0v) is 8.64. The lowest BCUT2D eigenvalue weighted by molar-refractivity contribution is -0.136. The van der Waals surface area contributed by atoms with E-state index in [4.69, 9.17) is 9.84 Å². The maximum absolute atomic E-state index is 10.5. The first-order valence-corrected chi connectivity index (χ1v) is 4.99. The van der Waals surface area contributed by atoms with Crippen LogP contribution in [0.25, 0.3) is 0 Å². The lowest BCUT2D eigenvalue weighted by Crippen LogP contribution is -2.11. The Labute approximate surface area is 92.8 Å². The van der Waals surface area contributed by atoms with E-state index in [1.54, 1.807) is 12.1 Å². The first-order valence-electron chi connectivity index (χ1n) is 4.99. The summed E-state index contributed by atoms with van der Waals surface area (Å²) < 4.78 is 5.20. The molecule has 5 heteroatoms. The Bertz CT molecular complexity index is 412. The molecule has 1 aromatic rings. The predicted molar refractivity (Wildman–Crippen MR) is 59.7 cm³/mol. The third-order valence-corrected chi connectivity index (χ3v) is 2.15. The summed E-state index contributed by atoms with van der Waals surface area (Å²) in [5.41, 5.74) is 1.61. The van der Waals surface area contributed by atoms with Crippen LogP contribution in [0.5, 0.6) is 0 Å². The molecule has 0 aliphatic carbocycles. The number of benzene rings is 1. The smallest absolute Gasteiger partial charge is 0.307 e. The van der Waals surface area contributed by atoms with Crippen LogP contribution in [-0.2, 0) is 16.0 Å². The third-order valence-electron chi connectivity index (χ3n) is 2.15. The average molecular weight is 220 g/mol. The van der Waals surface area contributed by atoms with Gasteiger partial charge in [0.05, 0.1) is 13.0 Å². The maximum Gasteiger partial charge on any atom is 0.307 e. The highest BCUT2D eigenvalue weighted by atomic mass is 16.5. The number of hydrogen-bond acceptors (Lipinski definition) is 4. The number of carboxylic acids is 1. The molecule has 2 rings (SSSR count). The normalized spacial score (nSPS) is 14.1. The number of aliphatic carboxylic acids is 1. The van der Waals surface area contributed by atoms with E-state index in [0.717, 1.165) is 11.3 Å². The van der Waals surface area contributed by atoms with Crippen LogP contribution in [0.1, 0.15) is 5.56 Å². The van der Waals surface area contributed by atoms with Crippen molar-refractivity contribution in [2.45, 2.75) is 6.42 Å². The van der Waals surface area contributed by atoms with Gasteiger partial charge in [-0.3, -0.25) is 4.79 Å². The molecular formula is C11H12N2O3. The molecule has 0 fully saturated rings. The van der Waals surface area contributed by atoms with Crippen LogP contribution in [0.15, 0.2) is 29.3 Å². The van der Waals surface area contributed by atoms with Crippen LogP contribution < -0.4 is 5.32 Å². The first kappa shape index (κ1) is 10.5. The second kappa shape index (κ2) is 4.65. The summed E-state index contributed by atoms with van der Waals surface area (Å²) in [7, 11) is 0. The Morgan fingerprint density at radius 3 is 2.75 bits per heavy atom. The van der Waals surface area contributed by atoms with Crippen molar-refractivity contribution in [2.24, 2.45) is 4.99 Å². The molecule has 0 saturated carbocycles. The molecule has 0 aromatic heterocycles. The van der Waals surface area contributed by atoms with Gasteiger partial charge < -0.3 is 15.2 Å². The summed E-state index contributed by atoms with van der Waals surface area (Å²) in [6, 6.07) is 7.68. The van der Waals surface area contributed by atoms with Gasteiger partial charge in [0.25, 0.3) is 6.02 Å². The Kier molecular flexibility index (Phi) is 3.05. The Morgan fingerprint density at radius 2 is 2.19 bits per heavy atom. The summed E-state index contributed by atoms with van der Waals surface area (Å²) in [6.45, 7) is 1.29. The number of hydrogen-bond donors (Lipinski definition) is 2. The zero-order chi connectivity index (χ0) is 11.4. The van der Waals surface area contributed by atoms with Crippen molar-refractivity contribution in [3.63, 3.8) is 0 Å². The number of anilines is 1. The summed E-state index contributed by atoms with van der Waals surface area (Å²) >= 11 is 0. The topological polar surface area (TPSA) is 70.9 Å². The van der Waals surface area contributed by atoms with Crippen LogP contribution in [0.2, 0.25) is 0 Å². The Balaban J connectivity index is 1.98. The highest BCUT2D eigenvalue weighted by Gasteiger charge is 2.07. The van der Waals surface area contributed by atoms with E-state index < -0.39 is 5.97 Å². The van der Waals surface area contributed by atoms with Gasteiger partial charge in [-0.25, -0.2) is 4.99 Å². The third kappa shape index (κ3) is 2.73. The van der Waals surface area contributed by atoms with Crippen molar-refractivity contribution < 1.29 is 14.6 Å². The predicted octanol–water partition coefficient (Wildman–Crippen LogP) is 1.11. The van der Waals surface area contributed by atoms with Gasteiger partial charge >= 0.3 is 5.97 Å². The standard InChI is InChI=1S/C11H12N2O3/c14-10(15)7-8-1-3-9(4-2-8)13-11-12-5-6-16-11/h1-4H,5-7H2,(H,12,13)(H,14,15). The lowest BCUT2D eigenvalue weighted by atomic mass is 10.1. The zero-order valence-electron chi connectivity index (χ0n) is 8.64. The van der Waals surface area contributed by atoms with Gasteiger partial charge in [-0.15, -0.1) is 0 Å². The van der Waals surface area contributed by atoms with E-state index in [9.17, 15) is 4.79 Å². The van der Waals surface area contributed by atoms with Gasteiger partial charge in [-0.1, -0.05) is 12.1 Å². The minimum Gasteiger partial charge on any atom is -0.481 e. The average Bonchev–Trinajstić information content (AvgIpc) is 2.73. The molecular weight excluding hydrogens is 208 g/mol. The lowest BCUT2D eigenvalue weighted by Gasteiger charge is -2.05. The van der Waals surface area contributed by atoms with Gasteiger partial charge in [0, 0.05) is 5.69 Å². The highest BCUT2D eigenvalue weighted by molar-refractivity contribution is 5.89. The second-order valence-corrected chi connectivity index (χ2v) is 3.43. The quantitative estimate of drug-likeness (QED) is 0.800. The Morgan fingerprint density at radius 1 is 1.44 bits per heavy atom. The fourth-order valence-corrected chi connectivity index (χ4v) is 1.41. The number of carboxylic acid groups (broad SMARTS) is 1. The van der Waals surface area contributed by atoms with Crippen molar-refractivity contribution in [3.05, 3.63) is 29.8 Å². The van der Waals surface area contributed by atoms with E-state index in [2.05, 4.69) is 10.3 Å². The molecule has 84 valence electrons. The summed E-state index contributed by atoms with van der Waals surface area (Å²) in [5.74, 6) is -0.829. The molecule has 0 radical (unpaired) electrons. The first-order chi connectivity index (χ1) is 7.74. The second-order valence-electron chi connectivity index (χ2n) is 3.43. The summed E-state index contributed by atoms with van der Waals surface area (Å²) in [5, 5.41) is 11.6. The minimum atomic E-state index is -0.829. The molecule has 0 atom stereocenters. The largest absolute Gasteiger partial charge is 0.481 e. The molecule has 5 nitrogen and oxygen atoms in total. The van der Waals surface area contributed by atoms with Crippen molar-refractivity contribution >= 4 is 17.7 Å². The van der Waals surface area contributed by atoms with Crippen LogP contribution in [0.4, 0.5) is 5.69 Å². The van der Waals surface area contributed by atoms with E-state index >= 15 is 0 Å². The van der Waals surface area contributed by atoms with Gasteiger partial charge in [0.15, 0.2) is 0 Å². The molecule has 1 aliphatic heterocycles. The fourth-order valence-electron chi connectivity index (χ4n) is 1.41. The number of rotatable bonds is 3. The van der Waals surface area contributed by atoms with E-state index in [1.807, 2.05) is 12.1 Å². The van der Waals surface area contributed by atoms with Gasteiger partial charge in [0.2, 0.25) is 0 Å².